The number of hydroxylamine groups is 1. The van der Waals surface area contributed by atoms with Crippen LogP contribution in [0, 0.1) is 5.92 Å². The van der Waals surface area contributed by atoms with Gasteiger partial charge in [0.1, 0.15) is 6.04 Å². The molecular weight excluding hydrogens is 198 g/mol. The highest BCUT2D eigenvalue weighted by atomic mass is 16.7. The van der Waals surface area contributed by atoms with Crippen molar-refractivity contribution in [1.82, 2.24) is 16.1 Å². The van der Waals surface area contributed by atoms with Crippen LogP contribution < -0.4 is 16.1 Å². The lowest BCUT2D eigenvalue weighted by molar-refractivity contribution is -0.137. The van der Waals surface area contributed by atoms with Gasteiger partial charge in [-0.2, -0.15) is 0 Å². The van der Waals surface area contributed by atoms with Gasteiger partial charge in [-0.1, -0.05) is 13.8 Å². The minimum absolute atomic E-state index is 0.0952. The van der Waals surface area contributed by atoms with E-state index in [2.05, 4.69) is 16.1 Å². The van der Waals surface area contributed by atoms with E-state index in [-0.39, 0.29) is 18.4 Å². The third kappa shape index (κ3) is 4.26. The predicted molar refractivity (Wildman–Crippen MR) is 53.7 cm³/mol. The van der Waals surface area contributed by atoms with Gasteiger partial charge >= 0.3 is 0 Å². The van der Waals surface area contributed by atoms with Crippen molar-refractivity contribution < 1.29 is 14.4 Å². The molecule has 6 nitrogen and oxygen atoms in total. The molecule has 1 atom stereocenters. The Hall–Kier alpha value is -1.14. The standard InChI is InChI=1S/C9H17N3O3/c1-6(2)5-15-12-9(14)7-3-11-8(13)4-10-7/h6-7,10H,3-5H2,1-2H3,(H,11,13)(H,12,14). The first kappa shape index (κ1) is 11.9. The molecule has 0 spiro atoms. The lowest BCUT2D eigenvalue weighted by Gasteiger charge is -2.22. The van der Waals surface area contributed by atoms with Crippen molar-refractivity contribution in [1.29, 1.82) is 0 Å². The maximum absolute atomic E-state index is 11.4. The van der Waals surface area contributed by atoms with Crippen molar-refractivity contribution in [3.8, 4) is 0 Å². The van der Waals surface area contributed by atoms with E-state index in [0.29, 0.717) is 19.1 Å². The van der Waals surface area contributed by atoms with Crippen LogP contribution in [-0.4, -0.2) is 37.6 Å². The summed E-state index contributed by atoms with van der Waals surface area (Å²) in [6.07, 6.45) is 0. The summed E-state index contributed by atoms with van der Waals surface area (Å²) >= 11 is 0. The van der Waals surface area contributed by atoms with Crippen molar-refractivity contribution >= 4 is 11.8 Å². The van der Waals surface area contributed by atoms with Crippen LogP contribution in [0.25, 0.3) is 0 Å². The van der Waals surface area contributed by atoms with E-state index < -0.39 is 6.04 Å². The van der Waals surface area contributed by atoms with Gasteiger partial charge in [0.15, 0.2) is 0 Å². The summed E-state index contributed by atoms with van der Waals surface area (Å²) in [5, 5.41) is 5.40. The van der Waals surface area contributed by atoms with Crippen LogP contribution in [0.5, 0.6) is 0 Å². The number of rotatable bonds is 4. The van der Waals surface area contributed by atoms with Crippen molar-refractivity contribution in [3.63, 3.8) is 0 Å². The van der Waals surface area contributed by atoms with Gasteiger partial charge in [0, 0.05) is 6.54 Å². The molecule has 0 aromatic rings. The number of nitrogens with one attached hydrogen (secondary N) is 3. The van der Waals surface area contributed by atoms with Crippen LogP contribution in [0.1, 0.15) is 13.8 Å². The van der Waals surface area contributed by atoms with Gasteiger partial charge in [0.2, 0.25) is 5.91 Å². The fourth-order valence-electron chi connectivity index (χ4n) is 1.10. The van der Waals surface area contributed by atoms with E-state index in [4.69, 9.17) is 4.84 Å². The zero-order valence-corrected chi connectivity index (χ0v) is 9.00. The van der Waals surface area contributed by atoms with Crippen LogP contribution in [0.3, 0.4) is 0 Å². The molecular formula is C9H17N3O3. The number of carbonyl (C=O) groups is 2. The summed E-state index contributed by atoms with van der Waals surface area (Å²) in [6.45, 7) is 4.93. The highest BCUT2D eigenvalue weighted by molar-refractivity contribution is 5.86. The maximum atomic E-state index is 11.4. The van der Waals surface area contributed by atoms with Gasteiger partial charge in [0.05, 0.1) is 13.2 Å². The van der Waals surface area contributed by atoms with Crippen LogP contribution in [-0.2, 0) is 14.4 Å². The zero-order chi connectivity index (χ0) is 11.3. The van der Waals surface area contributed by atoms with E-state index in [1.54, 1.807) is 0 Å². The van der Waals surface area contributed by atoms with Gasteiger partial charge in [0.25, 0.3) is 5.91 Å². The molecule has 3 N–H and O–H groups in total. The molecule has 1 heterocycles. The Kier molecular flexibility index (Phi) is 4.51. The van der Waals surface area contributed by atoms with Crippen molar-refractivity contribution in [2.45, 2.75) is 19.9 Å². The Morgan fingerprint density at radius 1 is 1.67 bits per heavy atom. The van der Waals surface area contributed by atoms with Crippen LogP contribution in [0.2, 0.25) is 0 Å². The van der Waals surface area contributed by atoms with Crippen molar-refractivity contribution in [2.24, 2.45) is 5.92 Å². The molecule has 1 saturated heterocycles. The first-order valence-electron chi connectivity index (χ1n) is 5.01. The van der Waals surface area contributed by atoms with E-state index in [1.165, 1.54) is 0 Å². The van der Waals surface area contributed by atoms with E-state index >= 15 is 0 Å². The molecule has 1 aliphatic heterocycles. The fraction of sp³-hybridized carbons (Fsp3) is 0.778. The molecule has 0 bridgehead atoms. The molecule has 86 valence electrons. The van der Waals surface area contributed by atoms with Crippen molar-refractivity contribution in [2.75, 3.05) is 19.7 Å². The maximum Gasteiger partial charge on any atom is 0.262 e. The highest BCUT2D eigenvalue weighted by Gasteiger charge is 2.23. The first-order valence-corrected chi connectivity index (χ1v) is 5.01. The average molecular weight is 215 g/mol. The van der Waals surface area contributed by atoms with E-state index in [9.17, 15) is 9.59 Å². The number of hydrogen-bond acceptors (Lipinski definition) is 4. The molecule has 0 aliphatic carbocycles. The Bertz CT molecular complexity index is 233. The van der Waals surface area contributed by atoms with Gasteiger partial charge in [-0.25, -0.2) is 5.48 Å². The predicted octanol–water partition coefficient (Wildman–Crippen LogP) is -1.22. The monoisotopic (exact) mass is 215 g/mol. The Morgan fingerprint density at radius 2 is 2.40 bits per heavy atom. The largest absolute Gasteiger partial charge is 0.353 e. The molecule has 15 heavy (non-hydrogen) atoms. The minimum Gasteiger partial charge on any atom is -0.353 e. The van der Waals surface area contributed by atoms with Crippen molar-refractivity contribution in [3.05, 3.63) is 0 Å². The topological polar surface area (TPSA) is 79.5 Å². The Labute approximate surface area is 88.7 Å². The first-order chi connectivity index (χ1) is 7.09. The number of hydrogen-bond donors (Lipinski definition) is 3. The zero-order valence-electron chi connectivity index (χ0n) is 9.00. The average Bonchev–Trinajstić information content (AvgIpc) is 2.18. The number of piperazine rings is 1. The summed E-state index contributed by atoms with van der Waals surface area (Å²) in [4.78, 5) is 27.2. The van der Waals surface area contributed by atoms with E-state index in [0.717, 1.165) is 0 Å². The molecule has 1 fully saturated rings. The van der Waals surface area contributed by atoms with Crippen LogP contribution in [0.4, 0.5) is 0 Å². The molecule has 0 radical (unpaired) electrons. The normalized spacial score (nSPS) is 21.3. The van der Waals surface area contributed by atoms with Gasteiger partial charge < -0.3 is 5.32 Å². The van der Waals surface area contributed by atoms with E-state index in [1.807, 2.05) is 13.8 Å². The summed E-state index contributed by atoms with van der Waals surface area (Å²) in [6, 6.07) is -0.408. The SMILES string of the molecule is CC(C)CONC(=O)C1CNC(=O)CN1. The third-order valence-corrected chi connectivity index (χ3v) is 1.92. The number of amides is 2. The second-order valence-corrected chi connectivity index (χ2v) is 3.91. The second-order valence-electron chi connectivity index (χ2n) is 3.91. The molecule has 0 aromatic heterocycles. The van der Waals surface area contributed by atoms with Crippen LogP contribution in [0.15, 0.2) is 0 Å². The smallest absolute Gasteiger partial charge is 0.262 e. The summed E-state index contributed by atoms with van der Waals surface area (Å²) in [5.74, 6) is 0.0158. The third-order valence-electron chi connectivity index (χ3n) is 1.92. The van der Waals surface area contributed by atoms with Gasteiger partial charge in [-0.3, -0.25) is 19.7 Å². The van der Waals surface area contributed by atoms with Crippen LogP contribution >= 0.6 is 0 Å². The summed E-state index contributed by atoms with van der Waals surface area (Å²) < 4.78 is 0. The van der Waals surface area contributed by atoms with Gasteiger partial charge in [-0.05, 0) is 5.92 Å². The molecule has 0 saturated carbocycles. The Morgan fingerprint density at radius 3 is 2.93 bits per heavy atom. The summed E-state index contributed by atoms with van der Waals surface area (Å²) in [7, 11) is 0. The minimum atomic E-state index is -0.408. The highest BCUT2D eigenvalue weighted by Crippen LogP contribution is 1.92. The van der Waals surface area contributed by atoms with Gasteiger partial charge in [-0.15, -0.1) is 0 Å². The molecule has 0 aromatic carbocycles. The molecule has 1 unspecified atom stereocenters. The quantitative estimate of drug-likeness (QED) is 0.513. The lowest BCUT2D eigenvalue weighted by atomic mass is 10.2. The fourth-order valence-corrected chi connectivity index (χ4v) is 1.10. The second kappa shape index (κ2) is 5.67. The molecule has 1 aliphatic rings. The Balaban J connectivity index is 2.19. The molecule has 2 amide bonds. The molecule has 1 rings (SSSR count). The number of carbonyl (C=O) groups excluding carboxylic acids is 2. The lowest BCUT2D eigenvalue weighted by Crippen LogP contribution is -2.58. The summed E-state index contributed by atoms with van der Waals surface area (Å²) in [5.41, 5.74) is 2.35. The molecule has 6 heteroatoms.